The first kappa shape index (κ1) is 20.0. The summed E-state index contributed by atoms with van der Waals surface area (Å²) in [4.78, 5) is 23.8. The molecule has 2 rings (SSSR count). The molecule has 0 aliphatic carbocycles. The minimum absolute atomic E-state index is 0.0241. The van der Waals surface area contributed by atoms with Crippen LogP contribution in [0.5, 0.6) is 5.75 Å². The van der Waals surface area contributed by atoms with Crippen LogP contribution in [0.3, 0.4) is 0 Å². The lowest BCUT2D eigenvalue weighted by molar-refractivity contribution is 0.0698. The quantitative estimate of drug-likeness (QED) is 0.536. The highest BCUT2D eigenvalue weighted by Gasteiger charge is 2.14. The smallest absolute Gasteiger partial charge is 0.337 e. The molecule has 138 valence electrons. The van der Waals surface area contributed by atoms with Crippen molar-refractivity contribution in [2.24, 2.45) is 0 Å². The van der Waals surface area contributed by atoms with Crippen molar-refractivity contribution in [3.63, 3.8) is 0 Å². The van der Waals surface area contributed by atoms with Crippen LogP contribution >= 0.6 is 15.9 Å². The molecule has 0 saturated carbocycles. The van der Waals surface area contributed by atoms with E-state index >= 15 is 0 Å². The van der Waals surface area contributed by atoms with E-state index in [9.17, 15) is 14.7 Å². The van der Waals surface area contributed by atoms with E-state index < -0.39 is 5.97 Å². The number of anilines is 1. The molecule has 0 aromatic heterocycles. The van der Waals surface area contributed by atoms with Gasteiger partial charge in [0.25, 0.3) is 5.91 Å². The summed E-state index contributed by atoms with van der Waals surface area (Å²) in [5.74, 6) is -0.861. The molecule has 6 heteroatoms. The standard InChI is InChI=1S/C20H22BrNO4/c1-2-3-4-5-11-26-16-8-6-7-14(12-16)19(23)22-18-10-9-15(21)13-17(18)20(24)25/h6-10,12-13H,2-5,11H2,1H3,(H,22,23)(H,24,25). The van der Waals surface area contributed by atoms with Gasteiger partial charge in [-0.3, -0.25) is 4.79 Å². The average Bonchev–Trinajstić information content (AvgIpc) is 2.63. The average molecular weight is 420 g/mol. The molecule has 0 saturated heterocycles. The van der Waals surface area contributed by atoms with E-state index in [1.165, 1.54) is 18.9 Å². The number of aromatic carboxylic acids is 1. The number of ether oxygens (including phenoxy) is 1. The van der Waals surface area contributed by atoms with Gasteiger partial charge in [0, 0.05) is 10.0 Å². The number of hydrogen-bond donors (Lipinski definition) is 2. The van der Waals surface area contributed by atoms with Gasteiger partial charge in [-0.1, -0.05) is 48.2 Å². The zero-order valence-electron chi connectivity index (χ0n) is 14.6. The Morgan fingerprint density at radius 3 is 2.65 bits per heavy atom. The SMILES string of the molecule is CCCCCCOc1cccc(C(=O)Nc2ccc(Br)cc2C(=O)O)c1. The predicted molar refractivity (Wildman–Crippen MR) is 105 cm³/mol. The number of amides is 1. The molecule has 26 heavy (non-hydrogen) atoms. The van der Waals surface area contributed by atoms with E-state index in [-0.39, 0.29) is 17.2 Å². The third-order valence-electron chi connectivity index (χ3n) is 3.82. The molecule has 2 aromatic carbocycles. The van der Waals surface area contributed by atoms with Crippen LogP contribution in [0.15, 0.2) is 46.9 Å². The number of unbranched alkanes of at least 4 members (excludes halogenated alkanes) is 3. The molecular formula is C20H22BrNO4. The molecule has 0 radical (unpaired) electrons. The highest BCUT2D eigenvalue weighted by atomic mass is 79.9. The Morgan fingerprint density at radius 1 is 1.12 bits per heavy atom. The van der Waals surface area contributed by atoms with Gasteiger partial charge in [0.05, 0.1) is 17.9 Å². The molecular weight excluding hydrogens is 398 g/mol. The minimum Gasteiger partial charge on any atom is -0.494 e. The van der Waals surface area contributed by atoms with Gasteiger partial charge < -0.3 is 15.2 Å². The third kappa shape index (κ3) is 5.88. The normalized spacial score (nSPS) is 10.4. The summed E-state index contributed by atoms with van der Waals surface area (Å²) >= 11 is 3.23. The largest absolute Gasteiger partial charge is 0.494 e. The zero-order chi connectivity index (χ0) is 18.9. The van der Waals surface area contributed by atoms with Crippen LogP contribution in [-0.4, -0.2) is 23.6 Å². The summed E-state index contributed by atoms with van der Waals surface area (Å²) in [7, 11) is 0. The monoisotopic (exact) mass is 419 g/mol. The van der Waals surface area contributed by atoms with Crippen molar-refractivity contribution < 1.29 is 19.4 Å². The fraction of sp³-hybridized carbons (Fsp3) is 0.300. The highest BCUT2D eigenvalue weighted by molar-refractivity contribution is 9.10. The van der Waals surface area contributed by atoms with Crippen molar-refractivity contribution >= 4 is 33.5 Å². The van der Waals surface area contributed by atoms with E-state index in [2.05, 4.69) is 28.2 Å². The van der Waals surface area contributed by atoms with Gasteiger partial charge in [0.15, 0.2) is 0 Å². The second kappa shape index (κ2) is 9.97. The van der Waals surface area contributed by atoms with Gasteiger partial charge in [-0.25, -0.2) is 4.79 Å². The first-order valence-electron chi connectivity index (χ1n) is 8.58. The van der Waals surface area contributed by atoms with E-state index in [0.29, 0.717) is 22.4 Å². The van der Waals surface area contributed by atoms with Crippen LogP contribution in [0, 0.1) is 0 Å². The van der Waals surface area contributed by atoms with Crippen molar-refractivity contribution in [3.8, 4) is 5.75 Å². The number of hydrogen-bond acceptors (Lipinski definition) is 3. The number of carboxylic acids is 1. The molecule has 0 heterocycles. The van der Waals surface area contributed by atoms with E-state index in [1.807, 2.05) is 0 Å². The fourth-order valence-corrected chi connectivity index (χ4v) is 2.80. The number of nitrogens with one attached hydrogen (secondary N) is 1. The van der Waals surface area contributed by atoms with Gasteiger partial charge in [0.1, 0.15) is 5.75 Å². The number of rotatable bonds is 9. The maximum absolute atomic E-state index is 12.5. The fourth-order valence-electron chi connectivity index (χ4n) is 2.44. The molecule has 5 nitrogen and oxygen atoms in total. The third-order valence-corrected chi connectivity index (χ3v) is 4.32. The Kier molecular flexibility index (Phi) is 7.66. The molecule has 0 aliphatic heterocycles. The van der Waals surface area contributed by atoms with Gasteiger partial charge >= 0.3 is 5.97 Å². The summed E-state index contributed by atoms with van der Waals surface area (Å²) in [6, 6.07) is 11.6. The lowest BCUT2D eigenvalue weighted by Gasteiger charge is -2.10. The van der Waals surface area contributed by atoms with Crippen molar-refractivity contribution in [2.45, 2.75) is 32.6 Å². The summed E-state index contributed by atoms with van der Waals surface area (Å²) in [5, 5.41) is 11.9. The minimum atomic E-state index is -1.11. The second-order valence-electron chi connectivity index (χ2n) is 5.89. The predicted octanol–water partition coefficient (Wildman–Crippen LogP) is 5.36. The van der Waals surface area contributed by atoms with Crippen LogP contribution in [0.25, 0.3) is 0 Å². The van der Waals surface area contributed by atoms with Crippen LogP contribution in [-0.2, 0) is 0 Å². The Labute approximate surface area is 161 Å². The van der Waals surface area contributed by atoms with Gasteiger partial charge in [-0.05, 0) is 42.8 Å². The van der Waals surface area contributed by atoms with E-state index in [4.69, 9.17) is 4.74 Å². The van der Waals surface area contributed by atoms with Crippen LogP contribution < -0.4 is 10.1 Å². The molecule has 1 amide bonds. The molecule has 0 bridgehead atoms. The first-order chi connectivity index (χ1) is 12.5. The van der Waals surface area contributed by atoms with Crippen LogP contribution in [0.1, 0.15) is 53.3 Å². The van der Waals surface area contributed by atoms with Gasteiger partial charge in [-0.2, -0.15) is 0 Å². The number of halogens is 1. The van der Waals surface area contributed by atoms with Gasteiger partial charge in [0.2, 0.25) is 0 Å². The Hall–Kier alpha value is -2.34. The van der Waals surface area contributed by atoms with Gasteiger partial charge in [-0.15, -0.1) is 0 Å². The molecule has 0 unspecified atom stereocenters. The molecule has 0 aliphatic rings. The lowest BCUT2D eigenvalue weighted by atomic mass is 10.1. The van der Waals surface area contributed by atoms with E-state index in [0.717, 1.165) is 12.8 Å². The molecule has 2 N–H and O–H groups in total. The topological polar surface area (TPSA) is 75.6 Å². The molecule has 0 spiro atoms. The number of benzene rings is 2. The second-order valence-corrected chi connectivity index (χ2v) is 6.80. The van der Waals surface area contributed by atoms with Crippen LogP contribution in [0.4, 0.5) is 5.69 Å². The Balaban J connectivity index is 2.04. The Morgan fingerprint density at radius 2 is 1.92 bits per heavy atom. The van der Waals surface area contributed by atoms with Crippen molar-refractivity contribution in [1.82, 2.24) is 0 Å². The molecule has 0 fully saturated rings. The van der Waals surface area contributed by atoms with Crippen molar-refractivity contribution in [1.29, 1.82) is 0 Å². The number of carbonyl (C=O) groups excluding carboxylic acids is 1. The summed E-state index contributed by atoms with van der Waals surface area (Å²) in [5.41, 5.74) is 0.683. The molecule has 0 atom stereocenters. The van der Waals surface area contributed by atoms with Crippen molar-refractivity contribution in [3.05, 3.63) is 58.1 Å². The molecule has 2 aromatic rings. The maximum Gasteiger partial charge on any atom is 0.337 e. The summed E-state index contributed by atoms with van der Waals surface area (Å²) < 4.78 is 6.32. The maximum atomic E-state index is 12.5. The summed E-state index contributed by atoms with van der Waals surface area (Å²) in [6.07, 6.45) is 4.46. The van der Waals surface area contributed by atoms with Crippen molar-refractivity contribution in [2.75, 3.05) is 11.9 Å². The van der Waals surface area contributed by atoms with Crippen LogP contribution in [0.2, 0.25) is 0 Å². The highest BCUT2D eigenvalue weighted by Crippen LogP contribution is 2.22. The zero-order valence-corrected chi connectivity index (χ0v) is 16.2. The summed E-state index contributed by atoms with van der Waals surface area (Å²) in [6.45, 7) is 2.77. The lowest BCUT2D eigenvalue weighted by Crippen LogP contribution is -2.15. The first-order valence-corrected chi connectivity index (χ1v) is 9.37. The van der Waals surface area contributed by atoms with E-state index in [1.54, 1.807) is 36.4 Å². The number of carboxylic acid groups (broad SMARTS) is 1. The Bertz CT molecular complexity index is 776. The number of carbonyl (C=O) groups is 2.